The number of carbonyl (C=O) groups is 6. The third-order valence-electron chi connectivity index (χ3n) is 11.0. The number of piperazine rings is 1. The van der Waals surface area contributed by atoms with Crippen molar-refractivity contribution >= 4 is 46.6 Å². The number of rotatable bonds is 13. The van der Waals surface area contributed by atoms with Crippen LogP contribution in [0.2, 0.25) is 0 Å². The topological polar surface area (TPSA) is 177 Å². The summed E-state index contributed by atoms with van der Waals surface area (Å²) < 4.78 is 16.9. The van der Waals surface area contributed by atoms with E-state index in [0.717, 1.165) is 63.4 Å². The number of carbonyl (C=O) groups excluding carboxylic acids is 6. The number of pyridine rings is 1. The van der Waals surface area contributed by atoms with Crippen molar-refractivity contribution in [2.24, 2.45) is 0 Å². The van der Waals surface area contributed by atoms with Crippen molar-refractivity contribution in [1.82, 2.24) is 30.3 Å². The van der Waals surface area contributed by atoms with Gasteiger partial charge in [0.25, 0.3) is 11.8 Å². The predicted molar refractivity (Wildman–Crippen MR) is 201 cm³/mol. The lowest BCUT2D eigenvalue weighted by atomic mass is 9.93. The second-order valence-corrected chi connectivity index (χ2v) is 15.0. The predicted octanol–water partition coefficient (Wildman–Crippen LogP) is 3.64. The molecule has 2 aliphatic carbocycles. The van der Waals surface area contributed by atoms with Crippen molar-refractivity contribution in [2.75, 3.05) is 45.9 Å². The molecular weight excluding hydrogens is 708 g/mol. The average Bonchev–Trinajstić information content (AvgIpc) is 3.67. The summed E-state index contributed by atoms with van der Waals surface area (Å²) in [5.41, 5.74) is 1.32. The summed E-state index contributed by atoms with van der Waals surface area (Å²) in [6.07, 6.45) is 8.39. The van der Waals surface area contributed by atoms with Gasteiger partial charge in [-0.2, -0.15) is 0 Å². The Labute approximate surface area is 321 Å². The summed E-state index contributed by atoms with van der Waals surface area (Å²) in [6.45, 7) is 4.97. The van der Waals surface area contributed by atoms with E-state index < -0.39 is 30.1 Å². The Hall–Kier alpha value is -4.95. The van der Waals surface area contributed by atoms with Gasteiger partial charge in [-0.05, 0) is 95.8 Å². The molecule has 1 aromatic carbocycles. The third kappa shape index (κ3) is 10.2. The zero-order valence-corrected chi connectivity index (χ0v) is 32.0. The Balaban J connectivity index is 1.16. The van der Waals surface area contributed by atoms with Crippen LogP contribution in [0.15, 0.2) is 24.3 Å². The number of nitrogens with zero attached hydrogens (tertiary/aromatic N) is 4. The molecule has 0 radical (unpaired) electrons. The van der Waals surface area contributed by atoms with Gasteiger partial charge < -0.3 is 39.5 Å². The fourth-order valence-electron chi connectivity index (χ4n) is 7.68. The standard InChI is InChI=1S/C40H54N6O9/c1-3-53-40(52)45-21-19-44(20-22-45)39(51)30(16-17-36(48)55-28-11-5-4-6-12-28)43-37(49)32-24-34(29-15-14-26(2)23-31(29)42-32)54-25-35(47)46-18-8-13-33(46)38(50)41-27-9-7-10-27/h14-15,23-24,27-28,30,33H,3-13,16-22,25H2,1-2H3,(H,41,50)(H,43,49)/t30-,33-/m0/s1. The molecule has 1 aromatic heterocycles. The normalized spacial score (nSPS) is 19.7. The van der Waals surface area contributed by atoms with E-state index in [1.165, 1.54) is 11.0 Å². The van der Waals surface area contributed by atoms with Crippen molar-refractivity contribution in [1.29, 1.82) is 0 Å². The monoisotopic (exact) mass is 762 g/mol. The molecule has 2 aliphatic heterocycles. The van der Waals surface area contributed by atoms with Crippen molar-refractivity contribution < 1.29 is 43.0 Å². The molecule has 3 heterocycles. The van der Waals surface area contributed by atoms with E-state index >= 15 is 0 Å². The molecule has 55 heavy (non-hydrogen) atoms. The zero-order valence-electron chi connectivity index (χ0n) is 32.0. The Morgan fingerprint density at radius 1 is 0.873 bits per heavy atom. The number of esters is 1. The smallest absolute Gasteiger partial charge is 0.409 e. The molecule has 2 saturated heterocycles. The first-order valence-corrected chi connectivity index (χ1v) is 19.9. The molecule has 15 nitrogen and oxygen atoms in total. The average molecular weight is 763 g/mol. The maximum absolute atomic E-state index is 14.0. The molecule has 15 heteroatoms. The Kier molecular flexibility index (Phi) is 13.4. The highest BCUT2D eigenvalue weighted by atomic mass is 16.6. The van der Waals surface area contributed by atoms with Crippen LogP contribution in [0.3, 0.4) is 0 Å². The van der Waals surface area contributed by atoms with Crippen molar-refractivity contribution in [3.8, 4) is 5.75 Å². The van der Waals surface area contributed by atoms with E-state index in [4.69, 9.17) is 14.2 Å². The molecule has 2 atom stereocenters. The van der Waals surface area contributed by atoms with Gasteiger partial charge >= 0.3 is 12.1 Å². The molecule has 6 rings (SSSR count). The number of nitrogens with one attached hydrogen (secondary N) is 2. The molecular formula is C40H54N6O9. The first kappa shape index (κ1) is 39.7. The molecule has 2 saturated carbocycles. The van der Waals surface area contributed by atoms with Crippen LogP contribution in [-0.4, -0.2) is 126 Å². The van der Waals surface area contributed by atoms with Gasteiger partial charge in [0, 0.05) is 56.6 Å². The zero-order chi connectivity index (χ0) is 38.9. The van der Waals surface area contributed by atoms with E-state index in [1.54, 1.807) is 22.8 Å². The highest BCUT2D eigenvalue weighted by Crippen LogP contribution is 2.28. The highest BCUT2D eigenvalue weighted by Gasteiger charge is 2.36. The van der Waals surface area contributed by atoms with Crippen LogP contribution in [0.5, 0.6) is 5.75 Å². The van der Waals surface area contributed by atoms with Gasteiger partial charge in [0.15, 0.2) is 6.61 Å². The van der Waals surface area contributed by atoms with Crippen molar-refractivity contribution in [3.05, 3.63) is 35.5 Å². The maximum Gasteiger partial charge on any atom is 0.409 e. The number of aromatic nitrogens is 1. The van der Waals surface area contributed by atoms with Crippen molar-refractivity contribution in [2.45, 2.75) is 115 Å². The first-order chi connectivity index (χ1) is 26.6. The number of aryl methyl sites for hydroxylation is 1. The summed E-state index contributed by atoms with van der Waals surface area (Å²) in [4.78, 5) is 88.8. The van der Waals surface area contributed by atoms with Crippen LogP contribution in [0, 0.1) is 6.92 Å². The SMILES string of the molecule is CCOC(=O)N1CCN(C(=O)[C@H](CCC(=O)OC2CCCCC2)NC(=O)c2cc(OCC(=O)N3CCC[C@H]3C(=O)NC3CCC3)c3ccc(C)cc3n2)CC1. The van der Waals surface area contributed by atoms with Crippen LogP contribution in [0.1, 0.15) is 100 Å². The van der Waals surface area contributed by atoms with Crippen molar-refractivity contribution in [3.63, 3.8) is 0 Å². The summed E-state index contributed by atoms with van der Waals surface area (Å²) >= 11 is 0. The Morgan fingerprint density at radius 2 is 1.62 bits per heavy atom. The van der Waals surface area contributed by atoms with Gasteiger partial charge in [-0.15, -0.1) is 0 Å². The molecule has 0 bridgehead atoms. The molecule has 0 unspecified atom stereocenters. The quantitative estimate of drug-likeness (QED) is 0.287. The minimum atomic E-state index is -1.08. The summed E-state index contributed by atoms with van der Waals surface area (Å²) in [5.74, 6) is -1.67. The highest BCUT2D eigenvalue weighted by molar-refractivity contribution is 5.99. The minimum Gasteiger partial charge on any atom is -0.483 e. The van der Waals surface area contributed by atoms with Gasteiger partial charge in [-0.25, -0.2) is 9.78 Å². The van der Waals surface area contributed by atoms with Crippen LogP contribution in [-0.2, 0) is 28.7 Å². The number of amides is 5. The number of likely N-dealkylation sites (tertiary alicyclic amines) is 1. The van der Waals surface area contributed by atoms with Gasteiger partial charge in [0.1, 0.15) is 29.6 Å². The van der Waals surface area contributed by atoms with Gasteiger partial charge in [0.05, 0.1) is 12.1 Å². The van der Waals surface area contributed by atoms with E-state index in [2.05, 4.69) is 15.6 Å². The maximum atomic E-state index is 14.0. The molecule has 2 aromatic rings. The molecule has 4 fully saturated rings. The van der Waals surface area contributed by atoms with E-state index in [1.807, 2.05) is 19.1 Å². The van der Waals surface area contributed by atoms with Crippen LogP contribution in [0.25, 0.3) is 10.9 Å². The van der Waals surface area contributed by atoms with Crippen LogP contribution >= 0.6 is 0 Å². The fraction of sp³-hybridized carbons (Fsp3) is 0.625. The van der Waals surface area contributed by atoms with Gasteiger partial charge in [-0.1, -0.05) is 12.5 Å². The number of fused-ring (bicyclic) bond motifs is 1. The number of hydrogen-bond donors (Lipinski definition) is 2. The van der Waals surface area contributed by atoms with Crippen LogP contribution in [0.4, 0.5) is 4.79 Å². The van der Waals surface area contributed by atoms with E-state index in [0.29, 0.717) is 23.9 Å². The molecule has 5 amide bonds. The number of hydrogen-bond acceptors (Lipinski definition) is 10. The summed E-state index contributed by atoms with van der Waals surface area (Å²) in [5, 5.41) is 6.47. The molecule has 0 spiro atoms. The van der Waals surface area contributed by atoms with Gasteiger partial charge in [-0.3, -0.25) is 24.0 Å². The largest absolute Gasteiger partial charge is 0.483 e. The Morgan fingerprint density at radius 3 is 2.33 bits per heavy atom. The van der Waals surface area contributed by atoms with Crippen LogP contribution < -0.4 is 15.4 Å². The van der Waals surface area contributed by atoms with Gasteiger partial charge in [0.2, 0.25) is 11.8 Å². The summed E-state index contributed by atoms with van der Waals surface area (Å²) in [6, 6.07) is 5.48. The third-order valence-corrected chi connectivity index (χ3v) is 11.0. The summed E-state index contributed by atoms with van der Waals surface area (Å²) in [7, 11) is 0. The minimum absolute atomic E-state index is 0.00406. The molecule has 2 N–H and O–H groups in total. The lowest BCUT2D eigenvalue weighted by Crippen LogP contribution is -2.56. The molecule has 4 aliphatic rings. The fourth-order valence-corrected chi connectivity index (χ4v) is 7.68. The lowest BCUT2D eigenvalue weighted by molar-refractivity contribution is -0.151. The lowest BCUT2D eigenvalue weighted by Gasteiger charge is -2.36. The first-order valence-electron chi connectivity index (χ1n) is 19.9. The second-order valence-electron chi connectivity index (χ2n) is 15.0. The number of ether oxygens (including phenoxy) is 3. The number of benzene rings is 1. The van der Waals surface area contributed by atoms with E-state index in [-0.39, 0.29) is 93.5 Å². The van der Waals surface area contributed by atoms with E-state index in [9.17, 15) is 28.8 Å². The molecule has 298 valence electrons. The second kappa shape index (κ2) is 18.6. The Bertz CT molecular complexity index is 1730.